The molecule has 0 amide bonds. The summed E-state index contributed by atoms with van der Waals surface area (Å²) in [4.78, 5) is 15.2. The minimum absolute atomic E-state index is 0.162. The molecule has 2 rings (SSSR count). The molecule has 0 aliphatic rings. The lowest BCUT2D eigenvalue weighted by Gasteiger charge is -2.19. The van der Waals surface area contributed by atoms with Crippen molar-refractivity contribution in [2.24, 2.45) is 0 Å². The first-order valence-corrected chi connectivity index (χ1v) is 8.37. The number of anilines is 2. The molecule has 1 N–H and O–H groups in total. The Morgan fingerprint density at radius 2 is 1.57 bits per heavy atom. The van der Waals surface area contributed by atoms with E-state index in [0.717, 1.165) is 0 Å². The molecule has 2 aromatic rings. The maximum Gasteiger partial charge on any atom is 0.433 e. The molecule has 0 radical (unpaired) electrons. The number of rotatable bonds is 4. The van der Waals surface area contributed by atoms with E-state index in [1.54, 1.807) is 0 Å². The average molecular weight is 468 g/mol. The van der Waals surface area contributed by atoms with Crippen molar-refractivity contribution in [3.63, 3.8) is 0 Å². The number of hydrogen-bond donors (Lipinski definition) is 1. The lowest BCUT2D eigenvalue weighted by molar-refractivity contribution is -0.143. The lowest BCUT2D eigenvalue weighted by Crippen LogP contribution is -2.27. The molecule has 0 saturated heterocycles. The van der Waals surface area contributed by atoms with Crippen LogP contribution in [-0.2, 0) is 25.1 Å². The number of benzene rings is 1. The van der Waals surface area contributed by atoms with Crippen LogP contribution in [0, 0.1) is 0 Å². The van der Waals surface area contributed by atoms with Crippen LogP contribution in [0.4, 0.5) is 51.1 Å². The highest BCUT2D eigenvalue weighted by Crippen LogP contribution is 2.43. The first-order valence-electron chi connectivity index (χ1n) is 7.99. The standard InChI is InChI=1S/C16H11ClF9N3O/c1-2-3-29-11(30)6-10(16(24,25)26)28-13(29)27-9-5-7(14(18,19)20)4-8(12(9)17)15(21,22)23/h4-6H,2-3H2,1H3,(H,27,28). The highest BCUT2D eigenvalue weighted by molar-refractivity contribution is 6.34. The summed E-state index contributed by atoms with van der Waals surface area (Å²) in [7, 11) is 0. The van der Waals surface area contributed by atoms with Gasteiger partial charge in [-0.05, 0) is 18.6 Å². The Morgan fingerprint density at radius 1 is 0.967 bits per heavy atom. The van der Waals surface area contributed by atoms with Crippen molar-refractivity contribution in [1.29, 1.82) is 0 Å². The summed E-state index contributed by atoms with van der Waals surface area (Å²) in [5.74, 6) is -0.911. The molecule has 166 valence electrons. The number of aromatic nitrogens is 2. The van der Waals surface area contributed by atoms with Gasteiger partial charge in [0, 0.05) is 12.6 Å². The highest BCUT2D eigenvalue weighted by atomic mass is 35.5. The average Bonchev–Trinajstić information content (AvgIpc) is 2.56. The van der Waals surface area contributed by atoms with Crippen molar-refractivity contribution >= 4 is 23.2 Å². The second-order valence-corrected chi connectivity index (χ2v) is 6.34. The maximum atomic E-state index is 13.1. The molecule has 1 aromatic heterocycles. The Bertz CT molecular complexity index is 994. The van der Waals surface area contributed by atoms with E-state index in [4.69, 9.17) is 11.6 Å². The van der Waals surface area contributed by atoms with Crippen molar-refractivity contribution in [2.45, 2.75) is 38.4 Å². The van der Waals surface area contributed by atoms with E-state index in [-0.39, 0.29) is 31.2 Å². The van der Waals surface area contributed by atoms with Crippen molar-refractivity contribution in [3.8, 4) is 0 Å². The topological polar surface area (TPSA) is 46.9 Å². The first kappa shape index (κ1) is 23.8. The second-order valence-electron chi connectivity index (χ2n) is 5.96. The van der Waals surface area contributed by atoms with Gasteiger partial charge >= 0.3 is 18.5 Å². The normalized spacial score (nSPS) is 12.9. The smallest absolute Gasteiger partial charge is 0.324 e. The molecule has 0 aliphatic heterocycles. The highest BCUT2D eigenvalue weighted by Gasteiger charge is 2.40. The van der Waals surface area contributed by atoms with Crippen LogP contribution in [-0.4, -0.2) is 9.55 Å². The Labute approximate surface area is 167 Å². The molecule has 1 heterocycles. The first-order chi connectivity index (χ1) is 13.6. The van der Waals surface area contributed by atoms with Crippen LogP contribution in [0.15, 0.2) is 23.0 Å². The third kappa shape index (κ3) is 5.18. The van der Waals surface area contributed by atoms with Gasteiger partial charge in [0.25, 0.3) is 5.56 Å². The molecule has 30 heavy (non-hydrogen) atoms. The van der Waals surface area contributed by atoms with E-state index in [0.29, 0.717) is 4.57 Å². The second kappa shape index (κ2) is 8.00. The summed E-state index contributed by atoms with van der Waals surface area (Å²) in [6, 6.07) is 0.113. The van der Waals surface area contributed by atoms with Gasteiger partial charge in [0.15, 0.2) is 5.69 Å². The number of alkyl halides is 9. The molecule has 0 saturated carbocycles. The molecule has 0 aliphatic carbocycles. The summed E-state index contributed by atoms with van der Waals surface area (Å²) < 4.78 is 118. The summed E-state index contributed by atoms with van der Waals surface area (Å²) in [5, 5.41) is 0.693. The van der Waals surface area contributed by atoms with Gasteiger partial charge in [0.2, 0.25) is 5.95 Å². The third-order valence-electron chi connectivity index (χ3n) is 3.70. The minimum atomic E-state index is -5.29. The number of hydrogen-bond acceptors (Lipinski definition) is 3. The Hall–Kier alpha value is -2.44. The Morgan fingerprint density at radius 3 is 2.03 bits per heavy atom. The summed E-state index contributed by atoms with van der Waals surface area (Å²) in [5.41, 5.74) is -7.52. The van der Waals surface area contributed by atoms with Crippen LogP contribution in [0.2, 0.25) is 5.02 Å². The van der Waals surface area contributed by atoms with E-state index in [9.17, 15) is 44.3 Å². The van der Waals surface area contributed by atoms with Gasteiger partial charge in [-0.15, -0.1) is 0 Å². The van der Waals surface area contributed by atoms with Crippen LogP contribution in [0.5, 0.6) is 0 Å². The molecule has 0 fully saturated rings. The van der Waals surface area contributed by atoms with Crippen molar-refractivity contribution < 1.29 is 39.5 Å². The van der Waals surface area contributed by atoms with Crippen molar-refractivity contribution in [3.05, 3.63) is 50.4 Å². The molecular formula is C16H11ClF9N3O. The van der Waals surface area contributed by atoms with Gasteiger partial charge in [-0.2, -0.15) is 39.5 Å². The molecule has 0 spiro atoms. The minimum Gasteiger partial charge on any atom is -0.324 e. The van der Waals surface area contributed by atoms with Gasteiger partial charge in [-0.1, -0.05) is 18.5 Å². The number of nitrogens with zero attached hydrogens (tertiary/aromatic N) is 2. The fraction of sp³-hybridized carbons (Fsp3) is 0.375. The van der Waals surface area contributed by atoms with Gasteiger partial charge < -0.3 is 5.32 Å². The predicted molar refractivity (Wildman–Crippen MR) is 88.5 cm³/mol. The molecule has 14 heteroatoms. The predicted octanol–water partition coefficient (Wildman–Crippen LogP) is 6.11. The van der Waals surface area contributed by atoms with Gasteiger partial charge in [0.1, 0.15) is 0 Å². The van der Waals surface area contributed by atoms with E-state index >= 15 is 0 Å². The van der Waals surface area contributed by atoms with E-state index in [1.165, 1.54) is 6.92 Å². The van der Waals surface area contributed by atoms with Gasteiger partial charge in [0.05, 0.1) is 21.8 Å². The molecule has 0 atom stereocenters. The largest absolute Gasteiger partial charge is 0.433 e. The number of nitrogens with one attached hydrogen (secondary N) is 1. The zero-order chi connectivity index (χ0) is 23.1. The Kier molecular flexibility index (Phi) is 6.36. The SMILES string of the molecule is CCCn1c(Nc2cc(C(F)(F)F)cc(C(F)(F)F)c2Cl)nc(C(F)(F)F)cc1=O. The summed E-state index contributed by atoms with van der Waals surface area (Å²) >= 11 is 5.58. The molecule has 0 unspecified atom stereocenters. The van der Waals surface area contributed by atoms with Crippen molar-refractivity contribution in [1.82, 2.24) is 9.55 Å². The summed E-state index contributed by atoms with van der Waals surface area (Å²) in [6.07, 6.45) is -15.4. The molecule has 0 bridgehead atoms. The van der Waals surface area contributed by atoms with Crippen LogP contribution in [0.3, 0.4) is 0 Å². The van der Waals surface area contributed by atoms with Crippen LogP contribution >= 0.6 is 11.6 Å². The fourth-order valence-corrected chi connectivity index (χ4v) is 2.66. The van der Waals surface area contributed by atoms with E-state index < -0.39 is 57.6 Å². The monoisotopic (exact) mass is 467 g/mol. The number of halogens is 10. The lowest BCUT2D eigenvalue weighted by atomic mass is 10.1. The summed E-state index contributed by atoms with van der Waals surface area (Å²) in [6.45, 7) is 1.32. The zero-order valence-corrected chi connectivity index (χ0v) is 15.5. The van der Waals surface area contributed by atoms with Gasteiger partial charge in [-0.25, -0.2) is 4.98 Å². The van der Waals surface area contributed by atoms with Crippen LogP contribution in [0.1, 0.15) is 30.2 Å². The zero-order valence-electron chi connectivity index (χ0n) is 14.7. The van der Waals surface area contributed by atoms with Gasteiger partial charge in [-0.3, -0.25) is 9.36 Å². The van der Waals surface area contributed by atoms with Crippen LogP contribution < -0.4 is 10.9 Å². The van der Waals surface area contributed by atoms with Crippen LogP contribution in [0.25, 0.3) is 0 Å². The molecule has 4 nitrogen and oxygen atoms in total. The fourth-order valence-electron chi connectivity index (χ4n) is 2.39. The molecule has 1 aromatic carbocycles. The maximum absolute atomic E-state index is 13.1. The van der Waals surface area contributed by atoms with E-state index in [2.05, 4.69) is 4.98 Å². The quantitative estimate of drug-likeness (QED) is 0.552. The Balaban J connectivity index is 2.75. The third-order valence-corrected chi connectivity index (χ3v) is 4.10. The van der Waals surface area contributed by atoms with Crippen molar-refractivity contribution in [2.75, 3.05) is 5.32 Å². The van der Waals surface area contributed by atoms with E-state index in [1.807, 2.05) is 5.32 Å². The molecular weight excluding hydrogens is 457 g/mol.